The highest BCUT2D eigenvalue weighted by Crippen LogP contribution is 2.27. The van der Waals surface area contributed by atoms with Gasteiger partial charge in [0.05, 0.1) is 6.04 Å². The fraction of sp³-hybridized carbons (Fsp3) is 0.238. The predicted octanol–water partition coefficient (Wildman–Crippen LogP) is 2.13. The molecule has 3 aromatic rings. The van der Waals surface area contributed by atoms with E-state index in [-0.39, 0.29) is 23.6 Å². The first kappa shape index (κ1) is 18.7. The van der Waals surface area contributed by atoms with E-state index in [9.17, 15) is 14.7 Å². The van der Waals surface area contributed by atoms with Crippen LogP contribution < -0.4 is 5.32 Å². The molecular weight excluding hydrogens is 370 g/mol. The molecule has 1 aliphatic heterocycles. The fourth-order valence-electron chi connectivity index (χ4n) is 3.46. The van der Waals surface area contributed by atoms with E-state index in [0.29, 0.717) is 36.7 Å². The first-order valence-corrected chi connectivity index (χ1v) is 9.37. The number of aromatic nitrogens is 3. The van der Waals surface area contributed by atoms with Gasteiger partial charge in [0.2, 0.25) is 0 Å². The maximum absolute atomic E-state index is 12.9. The van der Waals surface area contributed by atoms with Crippen molar-refractivity contribution in [3.05, 3.63) is 77.6 Å². The van der Waals surface area contributed by atoms with Crippen molar-refractivity contribution in [1.82, 2.24) is 24.8 Å². The van der Waals surface area contributed by atoms with E-state index in [0.717, 1.165) is 5.56 Å². The molecule has 148 valence electrons. The van der Waals surface area contributed by atoms with Crippen LogP contribution in [0.4, 0.5) is 0 Å². The minimum Gasteiger partial charge on any atom is -0.508 e. The molecule has 0 fully saturated rings. The highest BCUT2D eigenvalue weighted by molar-refractivity contribution is 5.95. The molecule has 1 unspecified atom stereocenters. The van der Waals surface area contributed by atoms with Gasteiger partial charge in [-0.1, -0.05) is 12.1 Å². The van der Waals surface area contributed by atoms with Gasteiger partial charge >= 0.3 is 0 Å². The number of rotatable bonds is 4. The van der Waals surface area contributed by atoms with Crippen LogP contribution in [0.3, 0.4) is 0 Å². The number of amides is 2. The van der Waals surface area contributed by atoms with Gasteiger partial charge < -0.3 is 19.9 Å². The van der Waals surface area contributed by atoms with Crippen molar-refractivity contribution in [2.75, 3.05) is 6.54 Å². The van der Waals surface area contributed by atoms with Gasteiger partial charge in [-0.15, -0.1) is 0 Å². The van der Waals surface area contributed by atoms with Gasteiger partial charge in [0.15, 0.2) is 0 Å². The van der Waals surface area contributed by atoms with Crippen molar-refractivity contribution >= 4 is 11.8 Å². The lowest BCUT2D eigenvalue weighted by Gasteiger charge is -2.33. The van der Waals surface area contributed by atoms with E-state index in [1.165, 1.54) is 12.1 Å². The van der Waals surface area contributed by atoms with Crippen molar-refractivity contribution in [3.63, 3.8) is 0 Å². The summed E-state index contributed by atoms with van der Waals surface area (Å²) in [6.45, 7) is 3.30. The second-order valence-corrected chi connectivity index (χ2v) is 6.95. The van der Waals surface area contributed by atoms with Crippen molar-refractivity contribution in [2.45, 2.75) is 26.1 Å². The Morgan fingerprint density at radius 3 is 2.86 bits per heavy atom. The zero-order valence-corrected chi connectivity index (χ0v) is 15.9. The standard InChI is InChI=1S/C21H21N5O3/c1-14-19-24-18(20(28)23-12-15-4-3-7-22-11-15)13-25(19)8-9-26(14)21(29)16-5-2-6-17(27)10-16/h2-7,10-11,13-14,27H,8-9,12H2,1H3,(H,23,28). The first-order chi connectivity index (χ1) is 14.0. The number of phenolic OH excluding ortho intramolecular Hbond substituents is 1. The van der Waals surface area contributed by atoms with Crippen LogP contribution in [0.25, 0.3) is 0 Å². The Kier molecular flexibility index (Phi) is 4.99. The molecule has 0 bridgehead atoms. The van der Waals surface area contributed by atoms with Crippen LogP contribution in [-0.2, 0) is 13.1 Å². The topological polar surface area (TPSA) is 100 Å². The van der Waals surface area contributed by atoms with E-state index in [2.05, 4.69) is 15.3 Å². The van der Waals surface area contributed by atoms with Crippen LogP contribution >= 0.6 is 0 Å². The highest BCUT2D eigenvalue weighted by atomic mass is 16.3. The average molecular weight is 391 g/mol. The normalized spacial score (nSPS) is 15.6. The van der Waals surface area contributed by atoms with Crippen molar-refractivity contribution in [3.8, 4) is 5.75 Å². The molecule has 2 N–H and O–H groups in total. The Morgan fingerprint density at radius 2 is 2.10 bits per heavy atom. The second kappa shape index (κ2) is 7.75. The third-order valence-corrected chi connectivity index (χ3v) is 4.99. The molecule has 1 aliphatic rings. The number of hydrogen-bond donors (Lipinski definition) is 2. The van der Waals surface area contributed by atoms with Crippen LogP contribution in [0.15, 0.2) is 55.0 Å². The molecule has 1 atom stereocenters. The SMILES string of the molecule is CC1c2nc(C(=O)NCc3cccnc3)cn2CCN1C(=O)c1cccc(O)c1. The molecule has 4 rings (SSSR count). The number of nitrogens with zero attached hydrogens (tertiary/aromatic N) is 4. The first-order valence-electron chi connectivity index (χ1n) is 9.37. The summed E-state index contributed by atoms with van der Waals surface area (Å²) in [7, 11) is 0. The predicted molar refractivity (Wildman–Crippen MR) is 105 cm³/mol. The minimum atomic E-state index is -0.293. The van der Waals surface area contributed by atoms with Gasteiger partial charge in [0.25, 0.3) is 11.8 Å². The molecule has 29 heavy (non-hydrogen) atoms. The summed E-state index contributed by atoms with van der Waals surface area (Å²) in [4.78, 5) is 35.6. The van der Waals surface area contributed by atoms with Crippen molar-refractivity contribution < 1.29 is 14.7 Å². The van der Waals surface area contributed by atoms with Gasteiger partial charge in [-0.2, -0.15) is 0 Å². The van der Waals surface area contributed by atoms with Crippen molar-refractivity contribution in [1.29, 1.82) is 0 Å². The molecule has 1 aromatic carbocycles. The molecule has 3 heterocycles. The Morgan fingerprint density at radius 1 is 1.24 bits per heavy atom. The monoisotopic (exact) mass is 391 g/mol. The van der Waals surface area contributed by atoms with Gasteiger partial charge in [-0.25, -0.2) is 4.98 Å². The van der Waals surface area contributed by atoms with Crippen molar-refractivity contribution in [2.24, 2.45) is 0 Å². The van der Waals surface area contributed by atoms with Gasteiger partial charge in [-0.05, 0) is 36.8 Å². The third kappa shape index (κ3) is 3.82. The molecule has 0 aliphatic carbocycles. The van der Waals surface area contributed by atoms with E-state index in [1.807, 2.05) is 23.6 Å². The van der Waals surface area contributed by atoms with E-state index in [1.54, 1.807) is 35.6 Å². The second-order valence-electron chi connectivity index (χ2n) is 6.95. The number of carbonyl (C=O) groups excluding carboxylic acids is 2. The van der Waals surface area contributed by atoms with Crippen LogP contribution in [0.5, 0.6) is 5.75 Å². The fourth-order valence-corrected chi connectivity index (χ4v) is 3.46. The Labute approximate surface area is 167 Å². The Hall–Kier alpha value is -3.68. The number of pyridine rings is 1. The molecular formula is C21H21N5O3. The maximum Gasteiger partial charge on any atom is 0.271 e. The molecule has 8 heteroatoms. The summed E-state index contributed by atoms with van der Waals surface area (Å²) in [5.74, 6) is 0.268. The zero-order chi connectivity index (χ0) is 20.4. The third-order valence-electron chi connectivity index (χ3n) is 4.99. The summed E-state index contributed by atoms with van der Waals surface area (Å²) in [6, 6.07) is 9.70. The smallest absolute Gasteiger partial charge is 0.271 e. The maximum atomic E-state index is 12.9. The van der Waals surface area contributed by atoms with Crippen LogP contribution in [0.2, 0.25) is 0 Å². The van der Waals surface area contributed by atoms with Gasteiger partial charge in [-0.3, -0.25) is 14.6 Å². The number of hydrogen-bond acceptors (Lipinski definition) is 5. The Bertz CT molecular complexity index is 1050. The highest BCUT2D eigenvalue weighted by Gasteiger charge is 2.31. The summed E-state index contributed by atoms with van der Waals surface area (Å²) in [5, 5.41) is 12.5. The number of benzene rings is 1. The van der Waals surface area contributed by atoms with Gasteiger partial charge in [0, 0.05) is 43.8 Å². The van der Waals surface area contributed by atoms with E-state index in [4.69, 9.17) is 0 Å². The molecule has 8 nitrogen and oxygen atoms in total. The number of carbonyl (C=O) groups is 2. The summed E-state index contributed by atoms with van der Waals surface area (Å²) >= 11 is 0. The number of fused-ring (bicyclic) bond motifs is 1. The number of phenols is 1. The number of nitrogens with one attached hydrogen (secondary N) is 1. The van der Waals surface area contributed by atoms with Gasteiger partial charge in [0.1, 0.15) is 17.3 Å². The summed E-state index contributed by atoms with van der Waals surface area (Å²) in [5.41, 5.74) is 1.65. The zero-order valence-electron chi connectivity index (χ0n) is 15.9. The lowest BCUT2D eigenvalue weighted by atomic mass is 10.1. The van der Waals surface area contributed by atoms with Crippen LogP contribution in [0, 0.1) is 0 Å². The molecule has 0 radical (unpaired) electrons. The lowest BCUT2D eigenvalue weighted by molar-refractivity contribution is 0.0637. The molecule has 0 saturated carbocycles. The Balaban J connectivity index is 1.48. The minimum absolute atomic E-state index is 0.0505. The number of aromatic hydroxyl groups is 1. The quantitative estimate of drug-likeness (QED) is 0.710. The number of imidazole rings is 1. The van der Waals surface area contributed by atoms with E-state index >= 15 is 0 Å². The largest absolute Gasteiger partial charge is 0.508 e. The van der Waals surface area contributed by atoms with Crippen LogP contribution in [-0.4, -0.2) is 42.9 Å². The summed E-state index contributed by atoms with van der Waals surface area (Å²) < 4.78 is 1.91. The molecule has 0 spiro atoms. The van der Waals surface area contributed by atoms with E-state index < -0.39 is 0 Å². The lowest BCUT2D eigenvalue weighted by Crippen LogP contribution is -2.41. The molecule has 2 aromatic heterocycles. The van der Waals surface area contributed by atoms with Crippen LogP contribution in [0.1, 0.15) is 45.2 Å². The average Bonchev–Trinajstić information content (AvgIpc) is 3.18. The summed E-state index contributed by atoms with van der Waals surface area (Å²) in [6.07, 6.45) is 5.10. The molecule has 2 amide bonds. The molecule has 0 saturated heterocycles.